The van der Waals surface area contributed by atoms with Crippen molar-refractivity contribution in [2.45, 2.75) is 82.8 Å². The molecule has 1 heterocycles. The largest absolute Gasteiger partial charge is 0.497 e. The zero-order chi connectivity index (χ0) is 31.7. The number of rotatable bonds is 15. The second kappa shape index (κ2) is 15.3. The highest BCUT2D eigenvalue weighted by Crippen LogP contribution is 2.38. The Kier molecular flexibility index (Phi) is 11.1. The first-order chi connectivity index (χ1) is 21.0. The fourth-order valence-corrected chi connectivity index (χ4v) is 4.86. The van der Waals surface area contributed by atoms with E-state index in [1.165, 1.54) is 13.8 Å². The summed E-state index contributed by atoms with van der Waals surface area (Å²) >= 11 is 0. The maximum atomic E-state index is 13.0. The van der Waals surface area contributed by atoms with E-state index in [1.807, 2.05) is 60.7 Å². The summed E-state index contributed by atoms with van der Waals surface area (Å²) in [5.41, 5.74) is 0.467. The molecule has 1 unspecified atom stereocenters. The monoisotopic (exact) mass is 593 g/mol. The molecule has 1 aliphatic rings. The summed E-state index contributed by atoms with van der Waals surface area (Å²) in [5.74, 6) is -0.242. The van der Waals surface area contributed by atoms with Crippen LogP contribution in [0.25, 0.3) is 0 Å². The molecule has 0 spiro atoms. The average Bonchev–Trinajstić information content (AvgIpc) is 3.03. The van der Waals surface area contributed by atoms with Gasteiger partial charge in [-0.3, -0.25) is 4.79 Å². The normalized spacial score (nSPS) is 26.3. The van der Waals surface area contributed by atoms with E-state index in [9.17, 15) is 19.8 Å². The molecule has 43 heavy (non-hydrogen) atoms. The summed E-state index contributed by atoms with van der Waals surface area (Å²) < 4.78 is 39.0. The summed E-state index contributed by atoms with van der Waals surface area (Å²) in [6.07, 6.45) is -8.82. The van der Waals surface area contributed by atoms with E-state index in [2.05, 4.69) is 0 Å². The number of ketones is 2. The van der Waals surface area contributed by atoms with Gasteiger partial charge in [0.25, 0.3) is 0 Å². The Bertz CT molecular complexity index is 1350. The summed E-state index contributed by atoms with van der Waals surface area (Å²) in [6, 6.07) is 25.7. The zero-order valence-corrected chi connectivity index (χ0v) is 24.7. The maximum Gasteiger partial charge on any atom is 0.187 e. The van der Waals surface area contributed by atoms with Crippen LogP contribution in [0.5, 0.6) is 5.75 Å². The third kappa shape index (κ3) is 8.57. The van der Waals surface area contributed by atoms with Crippen molar-refractivity contribution in [2.24, 2.45) is 0 Å². The molecule has 1 saturated heterocycles. The van der Waals surface area contributed by atoms with Gasteiger partial charge in [0, 0.05) is 12.8 Å². The van der Waals surface area contributed by atoms with E-state index in [-0.39, 0.29) is 38.4 Å². The molecule has 0 amide bonds. The predicted molar refractivity (Wildman–Crippen MR) is 158 cm³/mol. The van der Waals surface area contributed by atoms with E-state index in [0.29, 0.717) is 5.75 Å². The van der Waals surface area contributed by atoms with Crippen LogP contribution in [-0.2, 0) is 48.4 Å². The highest BCUT2D eigenvalue weighted by Gasteiger charge is 2.58. The van der Waals surface area contributed by atoms with Gasteiger partial charge in [-0.2, -0.15) is 0 Å². The summed E-state index contributed by atoms with van der Waals surface area (Å²) in [4.78, 5) is 24.6. The summed E-state index contributed by atoms with van der Waals surface area (Å²) in [5, 5.41) is 22.7. The highest BCUT2D eigenvalue weighted by atomic mass is 16.7. The molecule has 4 rings (SSSR count). The van der Waals surface area contributed by atoms with Crippen LogP contribution in [0.15, 0.2) is 84.9 Å². The molecular weight excluding hydrogens is 552 g/mol. The lowest BCUT2D eigenvalue weighted by Crippen LogP contribution is -2.69. The smallest absolute Gasteiger partial charge is 0.187 e. The molecule has 0 radical (unpaired) electrons. The van der Waals surface area contributed by atoms with E-state index in [4.69, 9.17) is 25.1 Å². The minimum atomic E-state index is -2.79. The highest BCUT2D eigenvalue weighted by molar-refractivity contribution is 5.88. The number of aliphatic hydroxyl groups excluding tert-OH is 1. The molecule has 0 aliphatic carbocycles. The molecule has 0 saturated carbocycles. The maximum absolute atomic E-state index is 13.0. The topological polar surface area (TPSA) is 121 Å². The molecule has 230 valence electrons. The first kappa shape index (κ1) is 31.0. The van der Waals surface area contributed by atoms with E-state index in [0.717, 1.165) is 16.7 Å². The Morgan fingerprint density at radius 2 is 1.44 bits per heavy atom. The van der Waals surface area contributed by atoms with Crippen molar-refractivity contribution in [3.8, 4) is 5.75 Å². The van der Waals surface area contributed by atoms with E-state index in [1.54, 1.807) is 31.4 Å². The number of carbonyl (C=O) groups is 2. The molecule has 2 N–H and O–H groups in total. The molecule has 0 bridgehead atoms. The molecule has 0 aromatic heterocycles. The van der Waals surface area contributed by atoms with Gasteiger partial charge in [0.15, 0.2) is 12.0 Å². The number of ether oxygens (including phenoxy) is 5. The lowest BCUT2D eigenvalue weighted by molar-refractivity contribution is -0.356. The SMILES string of the molecule is [2H][C@]1(O)O[C@H](C(O)C(=O)CCC(C)=O)[C@H](OCc2ccccc2)[C@H](OCc2ccccc2)[C@@]1(C)OCc1ccc(OC)cc1. The van der Waals surface area contributed by atoms with Crippen LogP contribution in [0.1, 0.15) is 44.8 Å². The molecule has 1 aliphatic heterocycles. The lowest BCUT2D eigenvalue weighted by Gasteiger charge is -2.51. The van der Waals surface area contributed by atoms with Gasteiger partial charge in [-0.25, -0.2) is 0 Å². The van der Waals surface area contributed by atoms with E-state index >= 15 is 0 Å². The molecule has 1 fully saturated rings. The Balaban J connectivity index is 1.71. The van der Waals surface area contributed by atoms with Crippen LogP contribution in [0, 0.1) is 0 Å². The number of hydrogen-bond acceptors (Lipinski definition) is 9. The zero-order valence-electron chi connectivity index (χ0n) is 25.7. The van der Waals surface area contributed by atoms with Crippen molar-refractivity contribution < 1.29 is 44.9 Å². The third-order valence-electron chi connectivity index (χ3n) is 7.46. The van der Waals surface area contributed by atoms with Crippen LogP contribution >= 0.6 is 0 Å². The van der Waals surface area contributed by atoms with Crippen LogP contribution in [0.3, 0.4) is 0 Å². The number of carbonyl (C=O) groups excluding carboxylic acids is 2. The quantitative estimate of drug-likeness (QED) is 0.268. The molecule has 3 aromatic carbocycles. The van der Waals surface area contributed by atoms with Crippen molar-refractivity contribution in [1.29, 1.82) is 0 Å². The Labute approximate surface area is 253 Å². The van der Waals surface area contributed by atoms with Gasteiger partial charge in [-0.1, -0.05) is 72.8 Å². The molecule has 9 nitrogen and oxygen atoms in total. The minimum Gasteiger partial charge on any atom is -0.497 e. The molecule has 9 heteroatoms. The van der Waals surface area contributed by atoms with Crippen molar-refractivity contribution in [3.05, 3.63) is 102 Å². The van der Waals surface area contributed by atoms with Crippen molar-refractivity contribution in [1.82, 2.24) is 0 Å². The second-order valence-electron chi connectivity index (χ2n) is 10.7. The van der Waals surface area contributed by atoms with Crippen LogP contribution in [0.2, 0.25) is 0 Å². The fraction of sp³-hybridized carbons (Fsp3) is 0.412. The van der Waals surface area contributed by atoms with Crippen molar-refractivity contribution in [2.75, 3.05) is 7.11 Å². The Morgan fingerprint density at radius 3 is 2.00 bits per heavy atom. The van der Waals surface area contributed by atoms with Crippen LogP contribution < -0.4 is 4.74 Å². The van der Waals surface area contributed by atoms with Gasteiger partial charge in [-0.15, -0.1) is 0 Å². The number of Topliss-reactive ketones (excluding diaryl/α,β-unsaturated/α-hetero) is 2. The summed E-state index contributed by atoms with van der Waals surface area (Å²) in [6.45, 7) is 2.90. The predicted octanol–water partition coefficient (Wildman–Crippen LogP) is 4.16. The second-order valence-corrected chi connectivity index (χ2v) is 10.7. The number of benzene rings is 3. The van der Waals surface area contributed by atoms with Gasteiger partial charge in [0.1, 0.15) is 41.5 Å². The third-order valence-corrected chi connectivity index (χ3v) is 7.46. The minimum absolute atomic E-state index is 0.0353. The Morgan fingerprint density at radius 1 is 0.884 bits per heavy atom. The Hall–Kier alpha value is -3.44. The van der Waals surface area contributed by atoms with Gasteiger partial charge >= 0.3 is 0 Å². The van der Waals surface area contributed by atoms with Gasteiger partial charge in [0.2, 0.25) is 0 Å². The van der Waals surface area contributed by atoms with Crippen molar-refractivity contribution >= 4 is 11.6 Å². The first-order valence-corrected chi connectivity index (χ1v) is 14.2. The van der Waals surface area contributed by atoms with Crippen LogP contribution in [0.4, 0.5) is 0 Å². The average molecular weight is 594 g/mol. The summed E-state index contributed by atoms with van der Waals surface area (Å²) in [7, 11) is 1.56. The number of methoxy groups -OCH3 is 1. The molecule has 6 atom stereocenters. The standard InChI is InChI=1S/C34H40O9/c1-23(35)14-19-28(36)29(37)30-31(40-20-24-10-6-4-7-11-24)32(41-21-25-12-8-5-9-13-25)34(2,33(38)43-30)42-22-26-15-17-27(39-3)18-16-26/h4-13,15-18,29-33,37-38H,14,19-22H2,1-3H3/t29?,30-,31+,32+,33+,34-/m1/s1/i33D. The molecular formula is C34H40O9. The fourth-order valence-electron chi connectivity index (χ4n) is 4.86. The van der Waals surface area contributed by atoms with Gasteiger partial charge in [0.05, 0.1) is 28.3 Å². The number of aliphatic hydroxyl groups is 2. The van der Waals surface area contributed by atoms with Gasteiger partial charge in [-0.05, 0) is 42.7 Å². The lowest BCUT2D eigenvalue weighted by atomic mass is 9.84. The molecule has 3 aromatic rings. The van der Waals surface area contributed by atoms with E-state index < -0.39 is 42.1 Å². The van der Waals surface area contributed by atoms with Crippen molar-refractivity contribution in [3.63, 3.8) is 0 Å². The van der Waals surface area contributed by atoms with Gasteiger partial charge < -0.3 is 38.7 Å². The van der Waals surface area contributed by atoms with Crippen LogP contribution in [-0.4, -0.2) is 65.2 Å². The first-order valence-electron chi connectivity index (χ1n) is 14.7. The number of hydrogen-bond donors (Lipinski definition) is 2.